The first kappa shape index (κ1) is 15.4. The SMILES string of the molecule is CCOC(=O)/C(C)=C/c1ccc(OC)c(OCC2CC2)c1. The zero-order valence-corrected chi connectivity index (χ0v) is 12.8. The van der Waals surface area contributed by atoms with Crippen molar-refractivity contribution in [3.8, 4) is 11.5 Å². The summed E-state index contributed by atoms with van der Waals surface area (Å²) in [6.45, 7) is 4.64. The van der Waals surface area contributed by atoms with Gasteiger partial charge in [0, 0.05) is 5.57 Å². The van der Waals surface area contributed by atoms with E-state index >= 15 is 0 Å². The maximum Gasteiger partial charge on any atom is 0.333 e. The lowest BCUT2D eigenvalue weighted by molar-refractivity contribution is -0.138. The molecule has 0 aliphatic heterocycles. The zero-order valence-electron chi connectivity index (χ0n) is 12.8. The molecule has 0 unspecified atom stereocenters. The number of rotatable bonds is 7. The van der Waals surface area contributed by atoms with E-state index in [9.17, 15) is 4.79 Å². The van der Waals surface area contributed by atoms with Gasteiger partial charge in [0.2, 0.25) is 0 Å². The van der Waals surface area contributed by atoms with Crippen LogP contribution in [0, 0.1) is 5.92 Å². The summed E-state index contributed by atoms with van der Waals surface area (Å²) in [7, 11) is 1.62. The minimum atomic E-state index is -0.297. The molecule has 1 aliphatic carbocycles. The Bertz CT molecular complexity index is 530. The average Bonchev–Trinajstić information content (AvgIpc) is 3.29. The molecule has 114 valence electrons. The Labute approximate surface area is 125 Å². The van der Waals surface area contributed by atoms with Crippen LogP contribution in [0.15, 0.2) is 23.8 Å². The second-order valence-electron chi connectivity index (χ2n) is 5.21. The van der Waals surface area contributed by atoms with Crippen molar-refractivity contribution in [1.82, 2.24) is 0 Å². The molecule has 21 heavy (non-hydrogen) atoms. The molecule has 4 heteroatoms. The van der Waals surface area contributed by atoms with E-state index in [0.717, 1.165) is 17.9 Å². The minimum absolute atomic E-state index is 0.297. The van der Waals surface area contributed by atoms with E-state index in [0.29, 0.717) is 23.8 Å². The van der Waals surface area contributed by atoms with Crippen LogP contribution in [0.2, 0.25) is 0 Å². The van der Waals surface area contributed by atoms with Crippen LogP contribution in [0.4, 0.5) is 0 Å². The molecule has 0 heterocycles. The third-order valence-corrected chi connectivity index (χ3v) is 3.34. The van der Waals surface area contributed by atoms with Gasteiger partial charge in [0.25, 0.3) is 0 Å². The van der Waals surface area contributed by atoms with E-state index in [1.807, 2.05) is 18.2 Å². The van der Waals surface area contributed by atoms with Crippen LogP contribution in [0.5, 0.6) is 11.5 Å². The van der Waals surface area contributed by atoms with Crippen LogP contribution in [-0.2, 0) is 9.53 Å². The Morgan fingerprint density at radius 2 is 2.10 bits per heavy atom. The minimum Gasteiger partial charge on any atom is -0.493 e. The highest BCUT2D eigenvalue weighted by molar-refractivity contribution is 5.93. The van der Waals surface area contributed by atoms with Gasteiger partial charge in [-0.3, -0.25) is 0 Å². The third-order valence-electron chi connectivity index (χ3n) is 3.34. The summed E-state index contributed by atoms with van der Waals surface area (Å²) in [5.74, 6) is 1.81. The van der Waals surface area contributed by atoms with Crippen LogP contribution >= 0.6 is 0 Å². The van der Waals surface area contributed by atoms with Crippen molar-refractivity contribution < 1.29 is 19.0 Å². The molecule has 0 atom stereocenters. The highest BCUT2D eigenvalue weighted by atomic mass is 16.5. The molecule has 1 aromatic carbocycles. The number of hydrogen-bond acceptors (Lipinski definition) is 4. The van der Waals surface area contributed by atoms with E-state index < -0.39 is 0 Å². The molecule has 0 bridgehead atoms. The summed E-state index contributed by atoms with van der Waals surface area (Å²) < 4.78 is 16.1. The Morgan fingerprint density at radius 1 is 1.33 bits per heavy atom. The molecule has 0 N–H and O–H groups in total. The largest absolute Gasteiger partial charge is 0.493 e. The van der Waals surface area contributed by atoms with Crippen molar-refractivity contribution in [3.63, 3.8) is 0 Å². The van der Waals surface area contributed by atoms with E-state index in [2.05, 4.69) is 0 Å². The summed E-state index contributed by atoms with van der Waals surface area (Å²) in [5.41, 5.74) is 1.46. The summed E-state index contributed by atoms with van der Waals surface area (Å²) in [6, 6.07) is 5.64. The predicted molar refractivity (Wildman–Crippen MR) is 81.5 cm³/mol. The van der Waals surface area contributed by atoms with Gasteiger partial charge < -0.3 is 14.2 Å². The maximum atomic E-state index is 11.6. The van der Waals surface area contributed by atoms with Crippen molar-refractivity contribution in [2.45, 2.75) is 26.7 Å². The van der Waals surface area contributed by atoms with Gasteiger partial charge in [-0.2, -0.15) is 0 Å². The monoisotopic (exact) mass is 290 g/mol. The fraction of sp³-hybridized carbons (Fsp3) is 0.471. The van der Waals surface area contributed by atoms with Crippen molar-refractivity contribution in [3.05, 3.63) is 29.3 Å². The Hall–Kier alpha value is -1.97. The van der Waals surface area contributed by atoms with Gasteiger partial charge in [-0.25, -0.2) is 4.79 Å². The van der Waals surface area contributed by atoms with Gasteiger partial charge in [0.05, 0.1) is 20.3 Å². The van der Waals surface area contributed by atoms with Crippen LogP contribution in [-0.4, -0.2) is 26.3 Å². The molecular formula is C17H22O4. The summed E-state index contributed by atoms with van der Waals surface area (Å²) in [5, 5.41) is 0. The molecule has 0 radical (unpaired) electrons. The molecule has 1 fully saturated rings. The zero-order chi connectivity index (χ0) is 15.2. The molecule has 0 saturated heterocycles. The molecular weight excluding hydrogens is 268 g/mol. The number of carbonyl (C=O) groups is 1. The standard InChI is InChI=1S/C17H22O4/c1-4-20-17(18)12(2)9-14-7-8-15(19-3)16(10-14)21-11-13-5-6-13/h7-10,13H,4-6,11H2,1-3H3/b12-9+. The summed E-state index contributed by atoms with van der Waals surface area (Å²) in [6.07, 6.45) is 4.27. The van der Waals surface area contributed by atoms with E-state index in [1.54, 1.807) is 27.0 Å². The maximum absolute atomic E-state index is 11.6. The molecule has 1 saturated carbocycles. The molecule has 2 rings (SSSR count). The molecule has 1 aromatic rings. The van der Waals surface area contributed by atoms with Gasteiger partial charge >= 0.3 is 5.97 Å². The van der Waals surface area contributed by atoms with E-state index in [4.69, 9.17) is 14.2 Å². The Balaban J connectivity index is 2.13. The van der Waals surface area contributed by atoms with Crippen LogP contribution in [0.1, 0.15) is 32.3 Å². The van der Waals surface area contributed by atoms with Gasteiger partial charge in [-0.15, -0.1) is 0 Å². The number of ether oxygens (including phenoxy) is 3. The molecule has 0 amide bonds. The molecule has 1 aliphatic rings. The topological polar surface area (TPSA) is 44.8 Å². The second-order valence-corrected chi connectivity index (χ2v) is 5.21. The highest BCUT2D eigenvalue weighted by Crippen LogP contribution is 2.33. The first-order chi connectivity index (χ1) is 10.1. The van der Waals surface area contributed by atoms with E-state index in [-0.39, 0.29) is 5.97 Å². The number of hydrogen-bond donors (Lipinski definition) is 0. The van der Waals surface area contributed by atoms with Crippen LogP contribution < -0.4 is 9.47 Å². The first-order valence-electron chi connectivity index (χ1n) is 7.30. The first-order valence-corrected chi connectivity index (χ1v) is 7.30. The predicted octanol–water partition coefficient (Wildman–Crippen LogP) is 3.45. The van der Waals surface area contributed by atoms with Crippen molar-refractivity contribution in [1.29, 1.82) is 0 Å². The van der Waals surface area contributed by atoms with E-state index in [1.165, 1.54) is 12.8 Å². The summed E-state index contributed by atoms with van der Waals surface area (Å²) >= 11 is 0. The number of methoxy groups -OCH3 is 1. The van der Waals surface area contributed by atoms with Crippen LogP contribution in [0.25, 0.3) is 6.08 Å². The lowest BCUT2D eigenvalue weighted by Gasteiger charge is -2.11. The molecule has 0 aromatic heterocycles. The Kier molecular flexibility index (Phi) is 5.26. The molecule has 4 nitrogen and oxygen atoms in total. The fourth-order valence-electron chi connectivity index (χ4n) is 1.94. The Morgan fingerprint density at radius 3 is 2.71 bits per heavy atom. The van der Waals surface area contributed by atoms with Crippen molar-refractivity contribution >= 4 is 12.0 Å². The number of benzene rings is 1. The summed E-state index contributed by atoms with van der Waals surface area (Å²) in [4.78, 5) is 11.6. The van der Waals surface area contributed by atoms with Crippen molar-refractivity contribution in [2.24, 2.45) is 5.92 Å². The van der Waals surface area contributed by atoms with Gasteiger partial charge in [0.1, 0.15) is 0 Å². The van der Waals surface area contributed by atoms with Gasteiger partial charge in [0.15, 0.2) is 11.5 Å². The normalized spacial score (nSPS) is 14.7. The van der Waals surface area contributed by atoms with Crippen LogP contribution in [0.3, 0.4) is 0 Å². The van der Waals surface area contributed by atoms with Crippen molar-refractivity contribution in [2.75, 3.05) is 20.3 Å². The fourth-order valence-corrected chi connectivity index (χ4v) is 1.94. The molecule has 0 spiro atoms. The second kappa shape index (κ2) is 7.16. The average molecular weight is 290 g/mol. The van der Waals surface area contributed by atoms with Gasteiger partial charge in [-0.05, 0) is 56.4 Å². The quantitative estimate of drug-likeness (QED) is 0.570. The highest BCUT2D eigenvalue weighted by Gasteiger charge is 2.22. The lowest BCUT2D eigenvalue weighted by Crippen LogP contribution is -2.05. The lowest BCUT2D eigenvalue weighted by atomic mass is 10.1. The smallest absolute Gasteiger partial charge is 0.333 e. The van der Waals surface area contributed by atoms with Gasteiger partial charge in [-0.1, -0.05) is 6.07 Å². The third kappa shape index (κ3) is 4.52. The number of carbonyl (C=O) groups excluding carboxylic acids is 1. The number of esters is 1.